The number of hydrogen-bond acceptors (Lipinski definition) is 4. The summed E-state index contributed by atoms with van der Waals surface area (Å²) < 4.78 is 5.45. The number of benzene rings is 2. The van der Waals surface area contributed by atoms with Gasteiger partial charge in [0.2, 0.25) is 11.8 Å². The molecule has 1 aliphatic rings. The minimum absolute atomic E-state index is 0.0231. The van der Waals surface area contributed by atoms with Crippen LogP contribution in [0.3, 0.4) is 0 Å². The third kappa shape index (κ3) is 6.07. The predicted molar refractivity (Wildman–Crippen MR) is 123 cm³/mol. The van der Waals surface area contributed by atoms with Gasteiger partial charge in [0.15, 0.2) is 0 Å². The van der Waals surface area contributed by atoms with Gasteiger partial charge >= 0.3 is 0 Å². The first-order valence-electron chi connectivity index (χ1n) is 11.1. The highest BCUT2D eigenvalue weighted by molar-refractivity contribution is 6.00. The molecule has 1 atom stereocenters. The van der Waals surface area contributed by atoms with Gasteiger partial charge in [-0.25, -0.2) is 0 Å². The van der Waals surface area contributed by atoms with Gasteiger partial charge in [-0.05, 0) is 55.4 Å². The van der Waals surface area contributed by atoms with E-state index in [9.17, 15) is 9.59 Å². The minimum Gasteiger partial charge on any atom is -0.494 e. The quantitative estimate of drug-likeness (QED) is 0.634. The number of nitrogens with zero attached hydrogens (tertiary/aromatic N) is 2. The van der Waals surface area contributed by atoms with E-state index in [1.165, 1.54) is 5.56 Å². The second kappa shape index (κ2) is 11.0. The van der Waals surface area contributed by atoms with Crippen molar-refractivity contribution in [1.82, 2.24) is 10.2 Å². The molecule has 31 heavy (non-hydrogen) atoms. The van der Waals surface area contributed by atoms with Crippen molar-refractivity contribution in [2.75, 3.05) is 31.1 Å². The van der Waals surface area contributed by atoms with Gasteiger partial charge in [0, 0.05) is 31.7 Å². The molecule has 3 rings (SSSR count). The number of ether oxygens (including phenoxy) is 1. The van der Waals surface area contributed by atoms with Gasteiger partial charge < -0.3 is 15.0 Å². The second-order valence-corrected chi connectivity index (χ2v) is 7.83. The molecule has 0 unspecified atom stereocenters. The lowest BCUT2D eigenvalue weighted by atomic mass is 10.1. The Balaban J connectivity index is 1.51. The molecule has 2 amide bonds. The zero-order valence-electron chi connectivity index (χ0n) is 18.8. The van der Waals surface area contributed by atoms with Crippen molar-refractivity contribution in [2.24, 2.45) is 5.92 Å². The molecular formula is C25H33N3O3. The summed E-state index contributed by atoms with van der Waals surface area (Å²) in [6.07, 6.45) is 0.238. The third-order valence-electron chi connectivity index (χ3n) is 5.75. The van der Waals surface area contributed by atoms with Crippen molar-refractivity contribution in [2.45, 2.75) is 40.3 Å². The second-order valence-electron chi connectivity index (χ2n) is 7.83. The van der Waals surface area contributed by atoms with Crippen LogP contribution in [0.5, 0.6) is 5.75 Å². The Kier molecular flexibility index (Phi) is 8.06. The highest BCUT2D eigenvalue weighted by Crippen LogP contribution is 2.27. The molecular weight excluding hydrogens is 390 g/mol. The minimum atomic E-state index is -0.332. The molecule has 6 heteroatoms. The molecule has 0 bridgehead atoms. The molecule has 1 fully saturated rings. The zero-order chi connectivity index (χ0) is 22.2. The SMILES string of the molecule is CCOc1ccc(N2C[C@H](C(=O)NCc3ccc(CN(CC)CC)cc3)CC2=O)cc1. The lowest BCUT2D eigenvalue weighted by molar-refractivity contribution is -0.126. The van der Waals surface area contributed by atoms with Gasteiger partial charge in [-0.2, -0.15) is 0 Å². The summed E-state index contributed by atoms with van der Waals surface area (Å²) in [4.78, 5) is 29.2. The Bertz CT molecular complexity index is 861. The summed E-state index contributed by atoms with van der Waals surface area (Å²) in [5.41, 5.74) is 3.13. The van der Waals surface area contributed by atoms with E-state index in [1.807, 2.05) is 31.2 Å². The Labute approximate surface area is 185 Å². The van der Waals surface area contributed by atoms with Crippen LogP contribution in [0, 0.1) is 5.92 Å². The Morgan fingerprint density at radius 2 is 1.68 bits per heavy atom. The fourth-order valence-corrected chi connectivity index (χ4v) is 3.82. The van der Waals surface area contributed by atoms with Crippen LogP contribution < -0.4 is 15.0 Å². The average Bonchev–Trinajstić information content (AvgIpc) is 3.19. The van der Waals surface area contributed by atoms with Crippen LogP contribution in [0.15, 0.2) is 48.5 Å². The van der Waals surface area contributed by atoms with Crippen LogP contribution in [-0.4, -0.2) is 43.0 Å². The maximum Gasteiger partial charge on any atom is 0.227 e. The number of carbonyl (C=O) groups excluding carboxylic acids is 2. The first kappa shape index (κ1) is 22.8. The fourth-order valence-electron chi connectivity index (χ4n) is 3.82. The molecule has 2 aromatic carbocycles. The summed E-state index contributed by atoms with van der Waals surface area (Å²) in [7, 11) is 0. The highest BCUT2D eigenvalue weighted by Gasteiger charge is 2.35. The molecule has 0 saturated carbocycles. The molecule has 1 heterocycles. The molecule has 0 aliphatic carbocycles. The lowest BCUT2D eigenvalue weighted by Gasteiger charge is -2.18. The molecule has 1 aliphatic heterocycles. The summed E-state index contributed by atoms with van der Waals surface area (Å²) in [6.45, 7) is 10.7. The number of amides is 2. The van der Waals surface area contributed by atoms with Crippen LogP contribution >= 0.6 is 0 Å². The van der Waals surface area contributed by atoms with E-state index < -0.39 is 0 Å². The van der Waals surface area contributed by atoms with Crippen LogP contribution in [0.25, 0.3) is 0 Å². The van der Waals surface area contributed by atoms with E-state index in [-0.39, 0.29) is 24.2 Å². The van der Waals surface area contributed by atoms with Gasteiger partial charge in [0.05, 0.1) is 12.5 Å². The lowest BCUT2D eigenvalue weighted by Crippen LogP contribution is -2.32. The van der Waals surface area contributed by atoms with Crippen LogP contribution in [-0.2, 0) is 22.7 Å². The summed E-state index contributed by atoms with van der Waals surface area (Å²) >= 11 is 0. The first-order chi connectivity index (χ1) is 15.0. The van der Waals surface area contributed by atoms with E-state index >= 15 is 0 Å². The van der Waals surface area contributed by atoms with Crippen molar-refractivity contribution in [3.8, 4) is 5.75 Å². The van der Waals surface area contributed by atoms with E-state index in [4.69, 9.17) is 4.74 Å². The van der Waals surface area contributed by atoms with Crippen molar-refractivity contribution < 1.29 is 14.3 Å². The largest absolute Gasteiger partial charge is 0.494 e. The number of hydrogen-bond donors (Lipinski definition) is 1. The van der Waals surface area contributed by atoms with E-state index in [0.29, 0.717) is 19.7 Å². The average molecular weight is 424 g/mol. The van der Waals surface area contributed by atoms with E-state index in [1.54, 1.807) is 4.90 Å². The summed E-state index contributed by atoms with van der Waals surface area (Å²) in [5, 5.41) is 2.99. The molecule has 1 N–H and O–H groups in total. The third-order valence-corrected chi connectivity index (χ3v) is 5.75. The number of carbonyl (C=O) groups is 2. The van der Waals surface area contributed by atoms with Crippen molar-refractivity contribution in [3.05, 3.63) is 59.7 Å². The van der Waals surface area contributed by atoms with Crippen LogP contribution in [0.4, 0.5) is 5.69 Å². The van der Waals surface area contributed by atoms with Gasteiger partial charge in [-0.15, -0.1) is 0 Å². The Morgan fingerprint density at radius 1 is 1.03 bits per heavy atom. The molecule has 0 spiro atoms. The van der Waals surface area contributed by atoms with E-state index in [2.05, 4.69) is 48.3 Å². The Hall–Kier alpha value is -2.86. The predicted octanol–water partition coefficient (Wildman–Crippen LogP) is 3.60. The maximum absolute atomic E-state index is 12.7. The van der Waals surface area contributed by atoms with Crippen LogP contribution in [0.2, 0.25) is 0 Å². The van der Waals surface area contributed by atoms with Crippen LogP contribution in [0.1, 0.15) is 38.3 Å². The molecule has 166 valence electrons. The zero-order valence-corrected chi connectivity index (χ0v) is 18.8. The fraction of sp³-hybridized carbons (Fsp3) is 0.440. The molecule has 0 radical (unpaired) electrons. The van der Waals surface area contributed by atoms with Crippen molar-refractivity contribution in [1.29, 1.82) is 0 Å². The van der Waals surface area contributed by atoms with Crippen molar-refractivity contribution >= 4 is 17.5 Å². The summed E-state index contributed by atoms with van der Waals surface area (Å²) in [6, 6.07) is 15.8. The topological polar surface area (TPSA) is 61.9 Å². The molecule has 2 aromatic rings. The highest BCUT2D eigenvalue weighted by atomic mass is 16.5. The number of anilines is 1. The Morgan fingerprint density at radius 3 is 2.29 bits per heavy atom. The normalized spacial score (nSPS) is 16.1. The molecule has 6 nitrogen and oxygen atoms in total. The van der Waals surface area contributed by atoms with Gasteiger partial charge in [0.25, 0.3) is 0 Å². The van der Waals surface area contributed by atoms with Gasteiger partial charge in [-0.3, -0.25) is 14.5 Å². The van der Waals surface area contributed by atoms with Gasteiger partial charge in [0.1, 0.15) is 5.75 Å². The summed E-state index contributed by atoms with van der Waals surface area (Å²) in [5.74, 6) is 0.343. The molecule has 0 aromatic heterocycles. The number of nitrogens with one attached hydrogen (secondary N) is 1. The monoisotopic (exact) mass is 423 g/mol. The first-order valence-corrected chi connectivity index (χ1v) is 11.1. The van der Waals surface area contributed by atoms with E-state index in [0.717, 1.165) is 36.6 Å². The van der Waals surface area contributed by atoms with Gasteiger partial charge in [-0.1, -0.05) is 38.1 Å². The standard InChI is InChI=1S/C25H33N3O3/c1-4-27(5-2)17-20-9-7-19(8-10-20)16-26-25(30)21-15-24(29)28(18-21)22-11-13-23(14-12-22)31-6-3/h7-14,21H,4-6,15-18H2,1-3H3,(H,26,30)/t21-/m1/s1. The molecule has 1 saturated heterocycles. The number of rotatable bonds is 10. The smallest absolute Gasteiger partial charge is 0.227 e. The maximum atomic E-state index is 12.7. The van der Waals surface area contributed by atoms with Crippen molar-refractivity contribution in [3.63, 3.8) is 0 Å².